The molecule has 0 saturated heterocycles. The van der Waals surface area contributed by atoms with Gasteiger partial charge < -0.3 is 10.2 Å². The summed E-state index contributed by atoms with van der Waals surface area (Å²) in [5.41, 5.74) is 1.29. The van der Waals surface area contributed by atoms with Crippen LogP contribution in [0.25, 0.3) is 0 Å². The highest BCUT2D eigenvalue weighted by Gasteiger charge is 2.29. The minimum absolute atomic E-state index is 0.136. The molecule has 0 amide bonds. The summed E-state index contributed by atoms with van der Waals surface area (Å²) < 4.78 is 12.9. The fourth-order valence-electron chi connectivity index (χ4n) is 3.76. The van der Waals surface area contributed by atoms with E-state index in [1.807, 2.05) is 12.1 Å². The standard InChI is InChI=1S/C18H27FN2/c1-21(18-4-2-3-5-18)11-10-20-17-12-15(13-17)14-6-8-16(19)9-7-14/h6-9,15,17-18,20H,2-5,10-13H2,1H3. The van der Waals surface area contributed by atoms with E-state index in [4.69, 9.17) is 0 Å². The molecule has 0 heterocycles. The Labute approximate surface area is 127 Å². The van der Waals surface area contributed by atoms with Crippen LogP contribution in [0.2, 0.25) is 0 Å². The molecule has 2 nitrogen and oxygen atoms in total. The molecule has 1 N–H and O–H groups in total. The Balaban J connectivity index is 1.32. The molecule has 2 aliphatic rings. The molecule has 0 aliphatic heterocycles. The van der Waals surface area contributed by atoms with Gasteiger partial charge in [0.25, 0.3) is 0 Å². The number of benzene rings is 1. The van der Waals surface area contributed by atoms with Gasteiger partial charge in [0, 0.05) is 25.2 Å². The molecule has 0 spiro atoms. The van der Waals surface area contributed by atoms with Crippen LogP contribution in [-0.4, -0.2) is 37.1 Å². The number of nitrogens with zero attached hydrogens (tertiary/aromatic N) is 1. The Hall–Kier alpha value is -0.930. The predicted octanol–water partition coefficient (Wildman–Crippen LogP) is 3.54. The summed E-state index contributed by atoms with van der Waals surface area (Å²) in [6.07, 6.45) is 7.96. The molecule has 3 heteroatoms. The zero-order valence-electron chi connectivity index (χ0n) is 13.0. The van der Waals surface area contributed by atoms with E-state index in [1.165, 1.54) is 44.1 Å². The van der Waals surface area contributed by atoms with E-state index in [0.717, 1.165) is 19.1 Å². The first-order valence-electron chi connectivity index (χ1n) is 8.41. The van der Waals surface area contributed by atoms with E-state index in [9.17, 15) is 4.39 Å². The minimum Gasteiger partial charge on any atom is -0.313 e. The van der Waals surface area contributed by atoms with Crippen molar-refractivity contribution in [3.8, 4) is 0 Å². The molecule has 0 atom stereocenters. The zero-order valence-corrected chi connectivity index (χ0v) is 13.0. The normalized spacial score (nSPS) is 26.2. The van der Waals surface area contributed by atoms with Crippen LogP contribution >= 0.6 is 0 Å². The Morgan fingerprint density at radius 3 is 2.48 bits per heavy atom. The first kappa shape index (κ1) is 15.0. The van der Waals surface area contributed by atoms with Gasteiger partial charge in [-0.25, -0.2) is 4.39 Å². The van der Waals surface area contributed by atoms with E-state index in [0.29, 0.717) is 12.0 Å². The summed E-state index contributed by atoms with van der Waals surface area (Å²) in [5, 5.41) is 3.67. The minimum atomic E-state index is -0.136. The first-order valence-corrected chi connectivity index (χ1v) is 8.41. The Morgan fingerprint density at radius 2 is 1.81 bits per heavy atom. The second-order valence-electron chi connectivity index (χ2n) is 6.79. The number of nitrogens with one attached hydrogen (secondary N) is 1. The largest absolute Gasteiger partial charge is 0.313 e. The molecule has 0 radical (unpaired) electrons. The highest BCUT2D eigenvalue weighted by atomic mass is 19.1. The maximum Gasteiger partial charge on any atom is 0.123 e. The zero-order chi connectivity index (χ0) is 14.7. The SMILES string of the molecule is CN(CCNC1CC(c2ccc(F)cc2)C1)C1CCCC1. The molecule has 1 aromatic rings. The molecule has 2 saturated carbocycles. The molecule has 21 heavy (non-hydrogen) atoms. The summed E-state index contributed by atoms with van der Waals surface area (Å²) in [5.74, 6) is 0.485. The van der Waals surface area contributed by atoms with E-state index in [-0.39, 0.29) is 5.82 Å². The quantitative estimate of drug-likeness (QED) is 0.862. The van der Waals surface area contributed by atoms with E-state index >= 15 is 0 Å². The van der Waals surface area contributed by atoms with Crippen molar-refractivity contribution in [2.24, 2.45) is 0 Å². The third-order valence-electron chi connectivity index (χ3n) is 5.33. The highest BCUT2D eigenvalue weighted by Crippen LogP contribution is 2.36. The summed E-state index contributed by atoms with van der Waals surface area (Å²) in [4.78, 5) is 2.52. The van der Waals surface area contributed by atoms with Crippen molar-refractivity contribution in [2.75, 3.05) is 20.1 Å². The van der Waals surface area contributed by atoms with Gasteiger partial charge in [-0.15, -0.1) is 0 Å². The molecular formula is C18H27FN2. The average Bonchev–Trinajstić information content (AvgIpc) is 2.97. The van der Waals surface area contributed by atoms with Crippen LogP contribution in [0.1, 0.15) is 50.0 Å². The van der Waals surface area contributed by atoms with Crippen LogP contribution in [0.4, 0.5) is 4.39 Å². The molecule has 0 unspecified atom stereocenters. The lowest BCUT2D eigenvalue weighted by atomic mass is 9.76. The van der Waals surface area contributed by atoms with Crippen LogP contribution in [0.15, 0.2) is 24.3 Å². The third kappa shape index (κ3) is 3.83. The van der Waals surface area contributed by atoms with E-state index in [1.54, 1.807) is 12.1 Å². The van der Waals surface area contributed by atoms with Gasteiger partial charge in [0.15, 0.2) is 0 Å². The number of hydrogen-bond acceptors (Lipinski definition) is 2. The smallest absolute Gasteiger partial charge is 0.123 e. The van der Waals surface area contributed by atoms with Crippen LogP contribution in [0.5, 0.6) is 0 Å². The van der Waals surface area contributed by atoms with Gasteiger partial charge in [-0.2, -0.15) is 0 Å². The van der Waals surface area contributed by atoms with Crippen molar-refractivity contribution in [3.63, 3.8) is 0 Å². The molecule has 0 bridgehead atoms. The van der Waals surface area contributed by atoms with Crippen molar-refractivity contribution in [1.29, 1.82) is 0 Å². The van der Waals surface area contributed by atoms with Crippen molar-refractivity contribution in [2.45, 2.75) is 56.5 Å². The van der Waals surface area contributed by atoms with Crippen molar-refractivity contribution in [1.82, 2.24) is 10.2 Å². The van der Waals surface area contributed by atoms with E-state index < -0.39 is 0 Å². The predicted molar refractivity (Wildman–Crippen MR) is 85.1 cm³/mol. The van der Waals surface area contributed by atoms with Gasteiger partial charge in [-0.3, -0.25) is 0 Å². The van der Waals surface area contributed by atoms with Gasteiger partial charge in [0.1, 0.15) is 5.82 Å². The van der Waals surface area contributed by atoms with Crippen molar-refractivity contribution >= 4 is 0 Å². The summed E-state index contributed by atoms with van der Waals surface area (Å²) >= 11 is 0. The summed E-state index contributed by atoms with van der Waals surface area (Å²) in [6, 6.07) is 8.49. The fraction of sp³-hybridized carbons (Fsp3) is 0.667. The Kier molecular flexibility index (Phi) is 4.91. The topological polar surface area (TPSA) is 15.3 Å². The monoisotopic (exact) mass is 290 g/mol. The molecule has 1 aromatic carbocycles. The van der Waals surface area contributed by atoms with Crippen LogP contribution < -0.4 is 5.32 Å². The molecule has 2 fully saturated rings. The summed E-state index contributed by atoms with van der Waals surface area (Å²) in [6.45, 7) is 2.25. The van der Waals surface area contributed by atoms with Gasteiger partial charge in [-0.1, -0.05) is 25.0 Å². The second-order valence-corrected chi connectivity index (χ2v) is 6.79. The van der Waals surface area contributed by atoms with Gasteiger partial charge >= 0.3 is 0 Å². The van der Waals surface area contributed by atoms with Crippen LogP contribution in [-0.2, 0) is 0 Å². The van der Waals surface area contributed by atoms with Crippen molar-refractivity contribution in [3.05, 3.63) is 35.6 Å². The first-order chi connectivity index (χ1) is 10.2. The lowest BCUT2D eigenvalue weighted by molar-refractivity contribution is 0.225. The average molecular weight is 290 g/mol. The molecule has 116 valence electrons. The van der Waals surface area contributed by atoms with Gasteiger partial charge in [0.05, 0.1) is 0 Å². The Bertz CT molecular complexity index is 433. The van der Waals surface area contributed by atoms with Crippen LogP contribution in [0.3, 0.4) is 0 Å². The fourth-order valence-corrected chi connectivity index (χ4v) is 3.76. The van der Waals surface area contributed by atoms with Gasteiger partial charge in [-0.05, 0) is 56.3 Å². The summed E-state index contributed by atoms with van der Waals surface area (Å²) in [7, 11) is 2.26. The number of rotatable bonds is 6. The third-order valence-corrected chi connectivity index (χ3v) is 5.33. The van der Waals surface area contributed by atoms with E-state index in [2.05, 4.69) is 17.3 Å². The van der Waals surface area contributed by atoms with Crippen LogP contribution in [0, 0.1) is 5.82 Å². The molecule has 0 aromatic heterocycles. The lowest BCUT2D eigenvalue weighted by Crippen LogP contribution is -2.44. The maximum atomic E-state index is 12.9. The second kappa shape index (κ2) is 6.89. The highest BCUT2D eigenvalue weighted by molar-refractivity contribution is 5.23. The van der Waals surface area contributed by atoms with Crippen molar-refractivity contribution < 1.29 is 4.39 Å². The number of hydrogen-bond donors (Lipinski definition) is 1. The molecule has 3 rings (SSSR count). The maximum absolute atomic E-state index is 12.9. The van der Waals surface area contributed by atoms with Gasteiger partial charge in [0.2, 0.25) is 0 Å². The molecular weight excluding hydrogens is 263 g/mol. The lowest BCUT2D eigenvalue weighted by Gasteiger charge is -2.37. The number of halogens is 1. The number of likely N-dealkylation sites (N-methyl/N-ethyl adjacent to an activating group) is 1. The molecule has 2 aliphatic carbocycles. The Morgan fingerprint density at radius 1 is 1.14 bits per heavy atom.